The van der Waals surface area contributed by atoms with E-state index in [0.29, 0.717) is 31.0 Å². The molecule has 0 radical (unpaired) electrons. The highest BCUT2D eigenvalue weighted by Crippen LogP contribution is 2.25. The van der Waals surface area contributed by atoms with Gasteiger partial charge >= 0.3 is 0 Å². The zero-order valence-corrected chi connectivity index (χ0v) is 16.7. The van der Waals surface area contributed by atoms with E-state index in [1.165, 1.54) is 31.3 Å². The molecule has 1 amide bonds. The Morgan fingerprint density at radius 2 is 1.85 bits per heavy atom. The van der Waals surface area contributed by atoms with Crippen molar-refractivity contribution in [2.75, 3.05) is 19.6 Å². The van der Waals surface area contributed by atoms with Crippen LogP contribution in [0.5, 0.6) is 0 Å². The van der Waals surface area contributed by atoms with Gasteiger partial charge in [-0.15, -0.1) is 0 Å². The Morgan fingerprint density at radius 3 is 2.52 bits per heavy atom. The summed E-state index contributed by atoms with van der Waals surface area (Å²) in [7, 11) is -3.41. The normalized spacial score (nSPS) is 19.5. The zero-order valence-electron chi connectivity index (χ0n) is 15.9. The standard InChI is InChI=1S/C21H30N2O3S/c24-21(22-14-11-18-7-3-1-4-8-18)17-19-12-15-23(16-13-19)27(25,26)20-9-5-2-6-10-20/h2,5-7,9-10,19H,1,3-4,8,11-17H2,(H,22,24). The number of hydrogen-bond donors (Lipinski definition) is 1. The fraction of sp³-hybridized carbons (Fsp3) is 0.571. The molecule has 148 valence electrons. The number of hydrogen-bond acceptors (Lipinski definition) is 3. The van der Waals surface area contributed by atoms with Crippen LogP contribution in [0.3, 0.4) is 0 Å². The molecule has 1 fully saturated rings. The lowest BCUT2D eigenvalue weighted by molar-refractivity contribution is -0.122. The molecule has 6 heteroatoms. The number of allylic oxidation sites excluding steroid dienone is 1. The van der Waals surface area contributed by atoms with Crippen LogP contribution in [0.25, 0.3) is 0 Å². The minimum absolute atomic E-state index is 0.0933. The van der Waals surface area contributed by atoms with Crippen LogP contribution in [-0.2, 0) is 14.8 Å². The first-order valence-electron chi connectivity index (χ1n) is 10.1. The van der Waals surface area contributed by atoms with Gasteiger partial charge in [0.1, 0.15) is 0 Å². The molecule has 0 bridgehead atoms. The minimum Gasteiger partial charge on any atom is -0.356 e. The molecule has 1 aliphatic carbocycles. The summed E-state index contributed by atoms with van der Waals surface area (Å²) in [6.07, 6.45) is 10.2. The average Bonchev–Trinajstić information content (AvgIpc) is 2.70. The van der Waals surface area contributed by atoms with Crippen molar-refractivity contribution in [1.82, 2.24) is 9.62 Å². The number of carbonyl (C=O) groups is 1. The van der Waals surface area contributed by atoms with Crippen molar-refractivity contribution in [3.8, 4) is 0 Å². The number of nitrogens with one attached hydrogen (secondary N) is 1. The number of piperidine rings is 1. The Bertz CT molecular complexity index is 751. The predicted molar refractivity (Wildman–Crippen MR) is 107 cm³/mol. The van der Waals surface area contributed by atoms with Gasteiger partial charge in [0, 0.05) is 26.1 Å². The van der Waals surface area contributed by atoms with Crippen molar-refractivity contribution < 1.29 is 13.2 Å². The maximum Gasteiger partial charge on any atom is 0.243 e. The third kappa shape index (κ3) is 5.66. The van der Waals surface area contributed by atoms with Gasteiger partial charge in [-0.1, -0.05) is 29.8 Å². The average molecular weight is 391 g/mol. The molecule has 1 heterocycles. The molecule has 0 aromatic heterocycles. The van der Waals surface area contributed by atoms with Crippen molar-refractivity contribution >= 4 is 15.9 Å². The van der Waals surface area contributed by atoms with Crippen LogP contribution in [0.15, 0.2) is 46.9 Å². The molecule has 3 rings (SSSR count). The van der Waals surface area contributed by atoms with Gasteiger partial charge in [0.25, 0.3) is 0 Å². The van der Waals surface area contributed by atoms with E-state index in [-0.39, 0.29) is 11.8 Å². The lowest BCUT2D eigenvalue weighted by Crippen LogP contribution is -2.39. The van der Waals surface area contributed by atoms with Crippen LogP contribution < -0.4 is 5.32 Å². The van der Waals surface area contributed by atoms with Gasteiger partial charge < -0.3 is 5.32 Å². The molecule has 1 N–H and O–H groups in total. The van der Waals surface area contributed by atoms with Crippen LogP contribution in [0.2, 0.25) is 0 Å². The SMILES string of the molecule is O=C(CC1CCN(S(=O)(=O)c2ccccc2)CC1)NCCC1=CCCCC1. The first-order valence-corrected chi connectivity index (χ1v) is 11.5. The van der Waals surface area contributed by atoms with E-state index in [2.05, 4.69) is 11.4 Å². The highest BCUT2D eigenvalue weighted by atomic mass is 32.2. The highest BCUT2D eigenvalue weighted by molar-refractivity contribution is 7.89. The minimum atomic E-state index is -3.41. The Kier molecular flexibility index (Phi) is 7.07. The molecule has 2 aliphatic rings. The van der Waals surface area contributed by atoms with Crippen molar-refractivity contribution in [2.45, 2.75) is 56.3 Å². The Morgan fingerprint density at radius 1 is 1.11 bits per heavy atom. The van der Waals surface area contributed by atoms with Crippen LogP contribution >= 0.6 is 0 Å². The monoisotopic (exact) mass is 390 g/mol. The molecule has 1 aliphatic heterocycles. The summed E-state index contributed by atoms with van der Waals surface area (Å²) in [6.45, 7) is 1.69. The molecule has 5 nitrogen and oxygen atoms in total. The second-order valence-corrected chi connectivity index (χ2v) is 9.51. The Labute approximate surface area is 162 Å². The molecule has 27 heavy (non-hydrogen) atoms. The topological polar surface area (TPSA) is 66.5 Å². The molecule has 0 spiro atoms. The fourth-order valence-electron chi connectivity index (χ4n) is 3.92. The molecule has 0 saturated carbocycles. The van der Waals surface area contributed by atoms with Crippen LogP contribution in [-0.4, -0.2) is 38.3 Å². The van der Waals surface area contributed by atoms with Gasteiger partial charge in [0.15, 0.2) is 0 Å². The number of sulfonamides is 1. The molecular formula is C21H30N2O3S. The molecule has 1 aromatic carbocycles. The molecule has 0 unspecified atom stereocenters. The van der Waals surface area contributed by atoms with Crippen LogP contribution in [0.1, 0.15) is 51.4 Å². The van der Waals surface area contributed by atoms with Crippen molar-refractivity contribution in [3.05, 3.63) is 42.0 Å². The number of amides is 1. The summed E-state index contributed by atoms with van der Waals surface area (Å²) in [5.41, 5.74) is 1.47. The van der Waals surface area contributed by atoms with Crippen molar-refractivity contribution in [2.24, 2.45) is 5.92 Å². The van der Waals surface area contributed by atoms with Gasteiger partial charge in [-0.3, -0.25) is 4.79 Å². The first kappa shape index (κ1) is 20.1. The van der Waals surface area contributed by atoms with E-state index in [4.69, 9.17) is 0 Å². The van der Waals surface area contributed by atoms with E-state index in [1.807, 2.05) is 6.07 Å². The smallest absolute Gasteiger partial charge is 0.243 e. The maximum absolute atomic E-state index is 12.6. The van der Waals surface area contributed by atoms with Crippen LogP contribution in [0.4, 0.5) is 0 Å². The third-order valence-corrected chi connectivity index (χ3v) is 7.49. The Hall–Kier alpha value is -1.66. The number of nitrogens with zero attached hydrogens (tertiary/aromatic N) is 1. The van der Waals surface area contributed by atoms with Gasteiger partial charge in [-0.2, -0.15) is 4.31 Å². The summed E-state index contributed by atoms with van der Waals surface area (Å²) < 4.78 is 26.8. The first-order chi connectivity index (χ1) is 13.1. The summed E-state index contributed by atoms with van der Waals surface area (Å²) in [5, 5.41) is 3.03. The molecule has 1 saturated heterocycles. The zero-order chi connectivity index (χ0) is 19.1. The largest absolute Gasteiger partial charge is 0.356 e. The highest BCUT2D eigenvalue weighted by Gasteiger charge is 2.29. The van der Waals surface area contributed by atoms with Crippen LogP contribution in [0, 0.1) is 5.92 Å². The lowest BCUT2D eigenvalue weighted by Gasteiger charge is -2.31. The van der Waals surface area contributed by atoms with Gasteiger partial charge in [0.05, 0.1) is 4.90 Å². The van der Waals surface area contributed by atoms with E-state index in [9.17, 15) is 13.2 Å². The van der Waals surface area contributed by atoms with Crippen molar-refractivity contribution in [1.29, 1.82) is 0 Å². The number of carbonyl (C=O) groups excluding carboxylic acids is 1. The van der Waals surface area contributed by atoms with E-state index in [1.54, 1.807) is 28.6 Å². The fourth-order valence-corrected chi connectivity index (χ4v) is 5.41. The summed E-state index contributed by atoms with van der Waals surface area (Å²) >= 11 is 0. The lowest BCUT2D eigenvalue weighted by atomic mass is 9.94. The molecular weight excluding hydrogens is 360 g/mol. The third-order valence-electron chi connectivity index (χ3n) is 5.58. The quantitative estimate of drug-likeness (QED) is 0.725. The van der Waals surface area contributed by atoms with Crippen molar-refractivity contribution in [3.63, 3.8) is 0 Å². The predicted octanol–water partition coefficient (Wildman–Crippen LogP) is 3.48. The van der Waals surface area contributed by atoms with E-state index >= 15 is 0 Å². The second-order valence-electron chi connectivity index (χ2n) is 7.57. The summed E-state index contributed by atoms with van der Waals surface area (Å²) in [5.74, 6) is 0.358. The van der Waals surface area contributed by atoms with Gasteiger partial charge in [-0.05, 0) is 63.0 Å². The molecule has 0 atom stereocenters. The maximum atomic E-state index is 12.6. The van der Waals surface area contributed by atoms with E-state index in [0.717, 1.165) is 19.3 Å². The number of rotatable bonds is 7. The van der Waals surface area contributed by atoms with E-state index < -0.39 is 10.0 Å². The summed E-state index contributed by atoms with van der Waals surface area (Å²) in [6, 6.07) is 8.57. The van der Waals surface area contributed by atoms with Gasteiger partial charge in [-0.25, -0.2) is 8.42 Å². The number of benzene rings is 1. The Balaban J connectivity index is 1.40. The van der Waals surface area contributed by atoms with Gasteiger partial charge in [0.2, 0.25) is 15.9 Å². The molecule has 1 aromatic rings. The second kappa shape index (κ2) is 9.51. The summed E-state index contributed by atoms with van der Waals surface area (Å²) in [4.78, 5) is 12.5.